The van der Waals surface area contributed by atoms with Gasteiger partial charge < -0.3 is 17.2 Å². The summed E-state index contributed by atoms with van der Waals surface area (Å²) in [5, 5.41) is 0.885. The van der Waals surface area contributed by atoms with Gasteiger partial charge in [0.15, 0.2) is 5.96 Å². The maximum Gasteiger partial charge on any atom is 0.223 e. The van der Waals surface area contributed by atoms with Crippen molar-refractivity contribution in [1.29, 1.82) is 0 Å². The van der Waals surface area contributed by atoms with E-state index in [9.17, 15) is 0 Å². The van der Waals surface area contributed by atoms with Crippen LogP contribution < -0.4 is 17.2 Å². The minimum Gasteiger partial charge on any atom is -0.370 e. The molecule has 0 fully saturated rings. The molecule has 1 aromatic rings. The maximum absolute atomic E-state index is 5.85. The summed E-state index contributed by atoms with van der Waals surface area (Å²) in [5.41, 5.74) is 16.1. The number of nitrogens with two attached hydrogens (primary N) is 3. The third-order valence-electron chi connectivity index (χ3n) is 1.39. The normalized spacial score (nSPS) is 10.5. The molecule has 0 saturated heterocycles. The third-order valence-corrected chi connectivity index (χ3v) is 1.93. The quantitative estimate of drug-likeness (QED) is 0.539. The highest BCUT2D eigenvalue weighted by molar-refractivity contribution is 6.36. The van der Waals surface area contributed by atoms with Gasteiger partial charge >= 0.3 is 0 Å². The minimum absolute atomic E-state index is 0. The van der Waals surface area contributed by atoms with Crippen molar-refractivity contribution in [3.8, 4) is 0 Å². The number of guanidine groups is 2. The topological polar surface area (TPSA) is 103 Å². The van der Waals surface area contributed by atoms with Gasteiger partial charge in [0.05, 0.1) is 10.7 Å². The Morgan fingerprint density at radius 3 is 2.25 bits per heavy atom. The first-order valence-electron chi connectivity index (χ1n) is 3.88. The Labute approximate surface area is 109 Å². The summed E-state index contributed by atoms with van der Waals surface area (Å²) in [5.74, 6) is -0.236. The van der Waals surface area contributed by atoms with Crippen molar-refractivity contribution in [2.45, 2.75) is 0 Å². The van der Waals surface area contributed by atoms with Gasteiger partial charge in [-0.05, 0) is 18.2 Å². The summed E-state index contributed by atoms with van der Waals surface area (Å²) in [6.45, 7) is 0. The summed E-state index contributed by atoms with van der Waals surface area (Å²) in [4.78, 5) is 7.44. The van der Waals surface area contributed by atoms with Gasteiger partial charge in [0, 0.05) is 5.02 Å². The molecule has 16 heavy (non-hydrogen) atoms. The molecule has 0 unspecified atom stereocenters. The highest BCUT2D eigenvalue weighted by Crippen LogP contribution is 2.27. The third kappa shape index (κ3) is 4.57. The van der Waals surface area contributed by atoms with Gasteiger partial charge in [-0.2, -0.15) is 4.99 Å². The molecule has 1 rings (SSSR count). The number of rotatable bonds is 1. The van der Waals surface area contributed by atoms with Gasteiger partial charge in [-0.3, -0.25) is 0 Å². The zero-order valence-corrected chi connectivity index (χ0v) is 10.4. The van der Waals surface area contributed by atoms with Gasteiger partial charge in [0.25, 0.3) is 0 Å². The van der Waals surface area contributed by atoms with E-state index in [1.54, 1.807) is 18.2 Å². The predicted octanol–water partition coefficient (Wildman–Crippen LogP) is 1.63. The molecule has 8 heteroatoms. The van der Waals surface area contributed by atoms with E-state index in [1.165, 1.54) is 0 Å². The fourth-order valence-electron chi connectivity index (χ4n) is 0.853. The highest BCUT2D eigenvalue weighted by Gasteiger charge is 2.00. The van der Waals surface area contributed by atoms with Crippen molar-refractivity contribution in [3.63, 3.8) is 0 Å². The summed E-state index contributed by atoms with van der Waals surface area (Å²) < 4.78 is 0. The fourth-order valence-corrected chi connectivity index (χ4v) is 1.30. The summed E-state index contributed by atoms with van der Waals surface area (Å²) in [6.07, 6.45) is 0. The van der Waals surface area contributed by atoms with E-state index in [0.29, 0.717) is 15.7 Å². The van der Waals surface area contributed by atoms with E-state index in [0.717, 1.165) is 0 Å². The van der Waals surface area contributed by atoms with Crippen LogP contribution in [0.25, 0.3) is 0 Å². The van der Waals surface area contributed by atoms with Crippen LogP contribution in [0, 0.1) is 0 Å². The summed E-state index contributed by atoms with van der Waals surface area (Å²) in [6, 6.07) is 4.79. The van der Waals surface area contributed by atoms with Crippen molar-refractivity contribution in [1.82, 2.24) is 0 Å². The van der Waals surface area contributed by atoms with Crippen molar-refractivity contribution in [2.75, 3.05) is 0 Å². The molecule has 0 aromatic heterocycles. The monoisotopic (exact) mass is 281 g/mol. The molecule has 0 aliphatic heterocycles. The molecule has 0 saturated carbocycles. The Bertz CT molecular complexity index is 426. The van der Waals surface area contributed by atoms with Crippen molar-refractivity contribution < 1.29 is 0 Å². The minimum atomic E-state index is -0.165. The second-order valence-electron chi connectivity index (χ2n) is 2.60. The smallest absolute Gasteiger partial charge is 0.223 e. The van der Waals surface area contributed by atoms with Crippen LogP contribution in [0.4, 0.5) is 5.69 Å². The lowest BCUT2D eigenvalue weighted by molar-refractivity contribution is 1.38. The Hall–Kier alpha value is -1.17. The molecule has 0 atom stereocenters. The first kappa shape index (κ1) is 14.8. The van der Waals surface area contributed by atoms with Crippen molar-refractivity contribution in [2.24, 2.45) is 27.2 Å². The van der Waals surface area contributed by atoms with Gasteiger partial charge in [0.1, 0.15) is 0 Å². The first-order chi connectivity index (χ1) is 6.99. The second-order valence-corrected chi connectivity index (χ2v) is 3.45. The van der Waals surface area contributed by atoms with Crippen LogP contribution in [0.1, 0.15) is 0 Å². The summed E-state index contributed by atoms with van der Waals surface area (Å²) >= 11 is 11.6. The van der Waals surface area contributed by atoms with E-state index in [1.807, 2.05) is 0 Å². The average Bonchev–Trinajstić information content (AvgIpc) is 2.08. The molecule has 5 nitrogen and oxygen atoms in total. The van der Waals surface area contributed by atoms with E-state index in [2.05, 4.69) is 9.98 Å². The average molecular weight is 283 g/mol. The molecule has 0 heterocycles. The Morgan fingerprint density at radius 1 is 1.12 bits per heavy atom. The first-order valence-corrected chi connectivity index (χ1v) is 4.63. The van der Waals surface area contributed by atoms with Crippen LogP contribution in [0.15, 0.2) is 28.2 Å². The van der Waals surface area contributed by atoms with E-state index >= 15 is 0 Å². The molecule has 1 aromatic carbocycles. The van der Waals surface area contributed by atoms with Crippen LogP contribution in [-0.2, 0) is 0 Å². The number of nitrogens with zero attached hydrogens (tertiary/aromatic N) is 2. The van der Waals surface area contributed by atoms with Gasteiger partial charge in [0.2, 0.25) is 5.96 Å². The van der Waals surface area contributed by atoms with Crippen molar-refractivity contribution in [3.05, 3.63) is 28.2 Å². The van der Waals surface area contributed by atoms with Gasteiger partial charge in [-0.25, -0.2) is 4.99 Å². The highest BCUT2D eigenvalue weighted by atomic mass is 35.5. The van der Waals surface area contributed by atoms with Crippen LogP contribution in [0.5, 0.6) is 0 Å². The van der Waals surface area contributed by atoms with E-state index in [-0.39, 0.29) is 24.3 Å². The largest absolute Gasteiger partial charge is 0.370 e. The van der Waals surface area contributed by atoms with Gasteiger partial charge in [-0.1, -0.05) is 23.2 Å². The Balaban J connectivity index is 0.00000225. The predicted molar refractivity (Wildman–Crippen MR) is 70.8 cm³/mol. The standard InChI is InChI=1S/C8H9Cl2N5.ClH/c9-4-1-2-6(5(10)3-4)14-8(13)15-7(11)12;/h1-3H,(H6,11,12,13,14,15);1H. The lowest BCUT2D eigenvalue weighted by Gasteiger charge is -1.99. The van der Waals surface area contributed by atoms with E-state index < -0.39 is 0 Å². The van der Waals surface area contributed by atoms with Crippen LogP contribution in [0.2, 0.25) is 10.0 Å². The molecule has 0 aliphatic rings. The van der Waals surface area contributed by atoms with Crippen LogP contribution >= 0.6 is 35.6 Å². The molecule has 0 radical (unpaired) electrons. The zero-order valence-electron chi connectivity index (χ0n) is 8.02. The molecule has 0 bridgehead atoms. The number of hydrogen-bond donors (Lipinski definition) is 3. The SMILES string of the molecule is Cl.NC(N)=NC(N)=Nc1ccc(Cl)cc1Cl. The molecule has 0 aliphatic carbocycles. The molecular formula is C8H10Cl3N5. The lowest BCUT2D eigenvalue weighted by Crippen LogP contribution is -2.26. The Kier molecular flexibility index (Phi) is 5.95. The van der Waals surface area contributed by atoms with Crippen LogP contribution in [0.3, 0.4) is 0 Å². The number of hydrogen-bond acceptors (Lipinski definition) is 1. The number of benzene rings is 1. The molecule has 0 amide bonds. The van der Waals surface area contributed by atoms with Gasteiger partial charge in [-0.15, -0.1) is 12.4 Å². The number of halogens is 3. The lowest BCUT2D eigenvalue weighted by atomic mass is 10.3. The number of aliphatic imine (C=N–C) groups is 2. The van der Waals surface area contributed by atoms with Crippen molar-refractivity contribution >= 4 is 53.2 Å². The molecular weight excluding hydrogens is 272 g/mol. The Morgan fingerprint density at radius 2 is 1.75 bits per heavy atom. The molecule has 0 spiro atoms. The van der Waals surface area contributed by atoms with E-state index in [4.69, 9.17) is 40.4 Å². The van der Waals surface area contributed by atoms with Crippen LogP contribution in [-0.4, -0.2) is 11.9 Å². The second kappa shape index (κ2) is 6.42. The molecule has 6 N–H and O–H groups in total. The fraction of sp³-hybridized carbons (Fsp3) is 0. The maximum atomic E-state index is 5.85. The summed E-state index contributed by atoms with van der Waals surface area (Å²) in [7, 11) is 0. The molecule has 88 valence electrons. The zero-order chi connectivity index (χ0) is 11.4.